The van der Waals surface area contributed by atoms with Crippen molar-refractivity contribution in [3.8, 4) is 5.75 Å². The molecule has 0 amide bonds. The molecule has 1 heterocycles. The van der Waals surface area contributed by atoms with Gasteiger partial charge in [-0.15, -0.1) is 11.6 Å². The maximum Gasteiger partial charge on any atom is 0.121 e. The Hall–Kier alpha value is -1.22. The van der Waals surface area contributed by atoms with Crippen LogP contribution >= 0.6 is 11.6 Å². The summed E-state index contributed by atoms with van der Waals surface area (Å²) in [4.78, 5) is 4.70. The Morgan fingerprint density at radius 1 is 1.32 bits per heavy atom. The van der Waals surface area contributed by atoms with Gasteiger partial charge in [0.2, 0.25) is 0 Å². The molecule has 2 aromatic rings. The van der Waals surface area contributed by atoms with Gasteiger partial charge in [-0.25, -0.2) is 4.98 Å². The number of imidazole rings is 1. The van der Waals surface area contributed by atoms with Crippen molar-refractivity contribution < 1.29 is 4.74 Å². The van der Waals surface area contributed by atoms with Gasteiger partial charge in [-0.05, 0) is 25.0 Å². The van der Waals surface area contributed by atoms with E-state index in [1.54, 1.807) is 7.11 Å². The highest BCUT2D eigenvalue weighted by atomic mass is 35.5. The third-order valence-corrected chi connectivity index (χ3v) is 3.85. The van der Waals surface area contributed by atoms with Gasteiger partial charge in [-0.2, -0.15) is 0 Å². The second-order valence-electron chi connectivity index (χ2n) is 5.18. The van der Waals surface area contributed by atoms with Crippen LogP contribution in [-0.4, -0.2) is 22.5 Å². The highest BCUT2D eigenvalue weighted by Gasteiger charge is 2.18. The summed E-state index contributed by atoms with van der Waals surface area (Å²) >= 11 is 5.90. The van der Waals surface area contributed by atoms with Crippen LogP contribution in [0.2, 0.25) is 0 Å². The third-order valence-electron chi connectivity index (χ3n) is 3.66. The van der Waals surface area contributed by atoms with Gasteiger partial charge in [0, 0.05) is 24.4 Å². The molecule has 104 valence electrons. The van der Waals surface area contributed by atoms with Crippen LogP contribution in [0, 0.1) is 5.92 Å². The molecule has 19 heavy (non-hydrogen) atoms. The molecule has 4 heteroatoms. The highest BCUT2D eigenvalue weighted by molar-refractivity contribution is 6.17. The number of hydrogen-bond donors (Lipinski definition) is 0. The Kier molecular flexibility index (Phi) is 4.35. The number of ether oxygens (including phenoxy) is 1. The number of halogens is 1. The average Bonchev–Trinajstić information content (AvgIpc) is 2.75. The predicted molar refractivity (Wildman–Crippen MR) is 80.3 cm³/mol. The lowest BCUT2D eigenvalue weighted by Crippen LogP contribution is -2.15. The molecule has 1 aromatic heterocycles. The molecular formula is C15H21ClN2O. The quantitative estimate of drug-likeness (QED) is 0.773. The molecule has 3 nitrogen and oxygen atoms in total. The maximum absolute atomic E-state index is 5.90. The molecule has 0 saturated heterocycles. The molecule has 0 bridgehead atoms. The van der Waals surface area contributed by atoms with Crippen molar-refractivity contribution in [3.05, 3.63) is 24.0 Å². The molecule has 0 spiro atoms. The molecule has 0 aliphatic carbocycles. The van der Waals surface area contributed by atoms with E-state index >= 15 is 0 Å². The van der Waals surface area contributed by atoms with E-state index in [9.17, 15) is 0 Å². The Bertz CT molecular complexity index is 563. The first-order chi connectivity index (χ1) is 9.08. The standard InChI is InChI=1S/C15H21ClN2O/c1-10(2)11(3)18-14-9-12(19-4)5-6-13(14)17-15(18)7-8-16/h5-6,9-11H,7-8H2,1-4H3. The monoisotopic (exact) mass is 280 g/mol. The van der Waals surface area contributed by atoms with E-state index in [4.69, 9.17) is 21.3 Å². The first-order valence-corrected chi connectivity index (χ1v) is 7.22. The fourth-order valence-corrected chi connectivity index (χ4v) is 2.43. The van der Waals surface area contributed by atoms with Crippen molar-refractivity contribution in [3.63, 3.8) is 0 Å². The number of rotatable bonds is 5. The highest BCUT2D eigenvalue weighted by Crippen LogP contribution is 2.28. The number of benzene rings is 1. The summed E-state index contributed by atoms with van der Waals surface area (Å²) in [5.41, 5.74) is 2.13. The van der Waals surface area contributed by atoms with E-state index in [2.05, 4.69) is 31.4 Å². The van der Waals surface area contributed by atoms with E-state index < -0.39 is 0 Å². The SMILES string of the molecule is COc1ccc2nc(CCCl)n(C(C)C(C)C)c2c1. The minimum Gasteiger partial charge on any atom is -0.497 e. The van der Waals surface area contributed by atoms with Gasteiger partial charge in [0.15, 0.2) is 0 Å². The van der Waals surface area contributed by atoms with E-state index in [1.807, 2.05) is 12.1 Å². The minimum atomic E-state index is 0.385. The zero-order chi connectivity index (χ0) is 14.0. The molecule has 0 saturated carbocycles. The molecule has 1 unspecified atom stereocenters. The van der Waals surface area contributed by atoms with Gasteiger partial charge in [-0.1, -0.05) is 13.8 Å². The normalized spacial score (nSPS) is 13.2. The number of methoxy groups -OCH3 is 1. The van der Waals surface area contributed by atoms with Crippen molar-refractivity contribution in [2.24, 2.45) is 5.92 Å². The molecule has 1 atom stereocenters. The van der Waals surface area contributed by atoms with Crippen molar-refractivity contribution in [1.82, 2.24) is 9.55 Å². The lowest BCUT2D eigenvalue weighted by molar-refractivity contribution is 0.403. The third kappa shape index (κ3) is 2.71. The molecule has 0 radical (unpaired) electrons. The molecular weight excluding hydrogens is 260 g/mol. The fraction of sp³-hybridized carbons (Fsp3) is 0.533. The second kappa shape index (κ2) is 5.83. The molecule has 0 aliphatic rings. The number of nitrogens with zero attached hydrogens (tertiary/aromatic N) is 2. The fourth-order valence-electron chi connectivity index (χ4n) is 2.26. The first-order valence-electron chi connectivity index (χ1n) is 6.69. The van der Waals surface area contributed by atoms with Crippen LogP contribution in [0.4, 0.5) is 0 Å². The van der Waals surface area contributed by atoms with Gasteiger partial charge in [0.05, 0.1) is 18.1 Å². The summed E-state index contributed by atoms with van der Waals surface area (Å²) in [7, 11) is 1.69. The number of aromatic nitrogens is 2. The van der Waals surface area contributed by atoms with Crippen LogP contribution in [0.5, 0.6) is 5.75 Å². The summed E-state index contributed by atoms with van der Waals surface area (Å²) in [5.74, 6) is 3.05. The van der Waals surface area contributed by atoms with Crippen LogP contribution in [0.15, 0.2) is 18.2 Å². The van der Waals surface area contributed by atoms with Crippen LogP contribution in [-0.2, 0) is 6.42 Å². The Morgan fingerprint density at radius 3 is 2.63 bits per heavy atom. The zero-order valence-electron chi connectivity index (χ0n) is 12.0. The molecule has 1 aromatic carbocycles. The average molecular weight is 281 g/mol. The number of hydrogen-bond acceptors (Lipinski definition) is 2. The van der Waals surface area contributed by atoms with Gasteiger partial charge in [0.25, 0.3) is 0 Å². The molecule has 0 N–H and O–H groups in total. The van der Waals surface area contributed by atoms with Gasteiger partial charge in [0.1, 0.15) is 11.6 Å². The van der Waals surface area contributed by atoms with Crippen LogP contribution in [0.3, 0.4) is 0 Å². The first kappa shape index (κ1) is 14.2. The number of fused-ring (bicyclic) bond motifs is 1. The van der Waals surface area contributed by atoms with E-state index in [1.165, 1.54) is 0 Å². The Labute approximate surface area is 119 Å². The van der Waals surface area contributed by atoms with Gasteiger partial charge >= 0.3 is 0 Å². The lowest BCUT2D eigenvalue weighted by Gasteiger charge is -2.21. The lowest BCUT2D eigenvalue weighted by atomic mass is 10.1. The number of alkyl halides is 1. The predicted octanol–water partition coefficient (Wildman–Crippen LogP) is 4.04. The molecule has 0 fully saturated rings. The van der Waals surface area contributed by atoms with Crippen molar-refractivity contribution in [2.45, 2.75) is 33.2 Å². The zero-order valence-corrected chi connectivity index (χ0v) is 12.7. The second-order valence-corrected chi connectivity index (χ2v) is 5.55. The van der Waals surface area contributed by atoms with E-state index in [0.717, 1.165) is 29.0 Å². The van der Waals surface area contributed by atoms with E-state index in [-0.39, 0.29) is 0 Å². The minimum absolute atomic E-state index is 0.385. The molecule has 0 aliphatic heterocycles. The number of aryl methyl sites for hydroxylation is 1. The van der Waals surface area contributed by atoms with E-state index in [0.29, 0.717) is 17.8 Å². The summed E-state index contributed by atoms with van der Waals surface area (Å²) in [6.07, 6.45) is 0.787. The summed E-state index contributed by atoms with van der Waals surface area (Å²) in [6.45, 7) is 6.67. The largest absolute Gasteiger partial charge is 0.497 e. The molecule has 2 rings (SSSR count). The van der Waals surface area contributed by atoms with Crippen LogP contribution in [0.1, 0.15) is 32.6 Å². The van der Waals surface area contributed by atoms with Gasteiger partial charge in [-0.3, -0.25) is 0 Å². The Balaban J connectivity index is 2.62. The Morgan fingerprint density at radius 2 is 2.05 bits per heavy atom. The van der Waals surface area contributed by atoms with Crippen molar-refractivity contribution in [1.29, 1.82) is 0 Å². The van der Waals surface area contributed by atoms with Crippen LogP contribution in [0.25, 0.3) is 11.0 Å². The smallest absolute Gasteiger partial charge is 0.121 e. The van der Waals surface area contributed by atoms with Gasteiger partial charge < -0.3 is 9.30 Å². The van der Waals surface area contributed by atoms with Crippen LogP contribution < -0.4 is 4.74 Å². The van der Waals surface area contributed by atoms with Crippen molar-refractivity contribution >= 4 is 22.6 Å². The summed E-state index contributed by atoms with van der Waals surface area (Å²) in [6, 6.07) is 6.40. The maximum atomic E-state index is 5.90. The summed E-state index contributed by atoms with van der Waals surface area (Å²) in [5, 5.41) is 0. The summed E-state index contributed by atoms with van der Waals surface area (Å²) < 4.78 is 7.62. The topological polar surface area (TPSA) is 27.1 Å². The van der Waals surface area contributed by atoms with Crippen molar-refractivity contribution in [2.75, 3.05) is 13.0 Å².